The molecule has 8 heteroatoms. The van der Waals surface area contributed by atoms with Gasteiger partial charge in [-0.2, -0.15) is 0 Å². The number of rotatable bonds is 4. The summed E-state index contributed by atoms with van der Waals surface area (Å²) in [7, 11) is 0. The fourth-order valence-electron chi connectivity index (χ4n) is 1.52. The van der Waals surface area contributed by atoms with E-state index < -0.39 is 6.36 Å². The number of anilines is 1. The summed E-state index contributed by atoms with van der Waals surface area (Å²) in [5.74, 6) is -0.269. The number of benzene rings is 1. The van der Waals surface area contributed by atoms with E-state index in [1.165, 1.54) is 23.5 Å². The molecule has 108 valence electrons. The number of ether oxygens (including phenoxy) is 1. The molecule has 0 aliphatic heterocycles. The van der Waals surface area contributed by atoms with E-state index in [9.17, 15) is 13.2 Å². The zero-order chi connectivity index (χ0) is 14.8. The van der Waals surface area contributed by atoms with Crippen molar-refractivity contribution in [3.05, 3.63) is 38.8 Å². The average Bonchev–Trinajstić information content (AvgIpc) is 2.72. The van der Waals surface area contributed by atoms with Crippen LogP contribution in [0.25, 0.3) is 0 Å². The molecule has 0 saturated heterocycles. The minimum Gasteiger partial charge on any atom is -0.404 e. The number of hydrogen-bond donors (Lipinski definition) is 1. The number of nitrogens with one attached hydrogen (secondary N) is 1. The van der Waals surface area contributed by atoms with Crippen LogP contribution in [-0.2, 0) is 6.54 Å². The molecular weight excluding hydrogens is 357 g/mol. The van der Waals surface area contributed by atoms with Crippen molar-refractivity contribution in [2.24, 2.45) is 0 Å². The van der Waals surface area contributed by atoms with Crippen molar-refractivity contribution < 1.29 is 17.9 Å². The molecule has 20 heavy (non-hydrogen) atoms. The predicted molar refractivity (Wildman–Crippen MR) is 75.0 cm³/mol. The summed E-state index contributed by atoms with van der Waals surface area (Å²) in [6, 6.07) is 4.45. The summed E-state index contributed by atoms with van der Waals surface area (Å²) in [4.78, 5) is 5.05. The molecule has 1 heterocycles. The zero-order valence-electron chi connectivity index (χ0n) is 10.3. The highest BCUT2D eigenvalue weighted by Crippen LogP contribution is 2.33. The molecule has 0 unspecified atom stereocenters. The van der Waals surface area contributed by atoms with E-state index in [0.29, 0.717) is 11.0 Å². The maximum Gasteiger partial charge on any atom is 0.573 e. The number of halogens is 4. The largest absolute Gasteiger partial charge is 0.573 e. The van der Waals surface area contributed by atoms with Crippen LogP contribution in [0.15, 0.2) is 28.2 Å². The summed E-state index contributed by atoms with van der Waals surface area (Å²) in [5.41, 5.74) is 2.83. The Balaban J connectivity index is 2.16. The van der Waals surface area contributed by atoms with Crippen molar-refractivity contribution in [2.45, 2.75) is 19.8 Å². The highest BCUT2D eigenvalue weighted by Gasteiger charge is 2.32. The Morgan fingerprint density at radius 1 is 1.40 bits per heavy atom. The highest BCUT2D eigenvalue weighted by atomic mass is 79.9. The van der Waals surface area contributed by atoms with E-state index >= 15 is 0 Å². The Bertz CT molecular complexity index is 601. The second kappa shape index (κ2) is 6.01. The number of aryl methyl sites for hydroxylation is 1. The van der Waals surface area contributed by atoms with Gasteiger partial charge in [-0.1, -0.05) is 15.9 Å². The Kier molecular flexibility index (Phi) is 4.54. The van der Waals surface area contributed by atoms with E-state index in [2.05, 4.69) is 31.0 Å². The van der Waals surface area contributed by atoms with E-state index in [1.54, 1.807) is 11.6 Å². The first-order valence-corrected chi connectivity index (χ1v) is 7.20. The summed E-state index contributed by atoms with van der Waals surface area (Å²) in [5, 5.41) is 2.93. The van der Waals surface area contributed by atoms with Gasteiger partial charge in [0.15, 0.2) is 5.75 Å². The minimum atomic E-state index is -4.72. The molecule has 1 aromatic heterocycles. The molecule has 0 saturated carbocycles. The van der Waals surface area contributed by atoms with Crippen molar-refractivity contribution in [3.8, 4) is 5.75 Å². The molecule has 0 bridgehead atoms. The van der Waals surface area contributed by atoms with Crippen LogP contribution in [0.1, 0.15) is 10.6 Å². The highest BCUT2D eigenvalue weighted by molar-refractivity contribution is 9.10. The van der Waals surface area contributed by atoms with Gasteiger partial charge in [-0.05, 0) is 25.1 Å². The first-order valence-electron chi connectivity index (χ1n) is 5.53. The summed E-state index contributed by atoms with van der Waals surface area (Å²) >= 11 is 4.57. The third-order valence-electron chi connectivity index (χ3n) is 2.45. The Morgan fingerprint density at radius 2 is 2.15 bits per heavy atom. The number of thiazole rings is 1. The fraction of sp³-hybridized carbons (Fsp3) is 0.250. The molecule has 0 aliphatic carbocycles. The maximum absolute atomic E-state index is 12.4. The van der Waals surface area contributed by atoms with Crippen LogP contribution in [0.5, 0.6) is 5.75 Å². The van der Waals surface area contributed by atoms with Gasteiger partial charge in [0.25, 0.3) is 0 Å². The van der Waals surface area contributed by atoms with Crippen LogP contribution in [0.4, 0.5) is 18.9 Å². The van der Waals surface area contributed by atoms with Crippen molar-refractivity contribution in [2.75, 3.05) is 5.32 Å². The van der Waals surface area contributed by atoms with Gasteiger partial charge in [0.1, 0.15) is 0 Å². The molecule has 2 aromatic rings. The maximum atomic E-state index is 12.4. The van der Waals surface area contributed by atoms with Gasteiger partial charge in [-0.25, -0.2) is 4.98 Å². The molecule has 0 fully saturated rings. The number of nitrogens with zero attached hydrogens (tertiary/aromatic N) is 1. The molecule has 0 spiro atoms. The van der Waals surface area contributed by atoms with Gasteiger partial charge in [0, 0.05) is 9.35 Å². The molecule has 0 atom stereocenters. The topological polar surface area (TPSA) is 34.2 Å². The summed E-state index contributed by atoms with van der Waals surface area (Å²) < 4.78 is 41.6. The lowest BCUT2D eigenvalue weighted by molar-refractivity contribution is -0.274. The van der Waals surface area contributed by atoms with E-state index in [1.807, 2.05) is 6.92 Å². The number of aromatic nitrogens is 1. The van der Waals surface area contributed by atoms with Crippen molar-refractivity contribution >= 4 is 33.0 Å². The second-order valence-electron chi connectivity index (χ2n) is 3.90. The quantitative estimate of drug-likeness (QED) is 0.849. The molecule has 0 aliphatic rings. The first-order chi connectivity index (χ1) is 9.35. The van der Waals surface area contributed by atoms with Gasteiger partial charge in [-0.15, -0.1) is 24.5 Å². The van der Waals surface area contributed by atoms with Crippen LogP contribution in [0.2, 0.25) is 0 Å². The molecule has 0 radical (unpaired) electrons. The van der Waals surface area contributed by atoms with Crippen LogP contribution in [0.3, 0.4) is 0 Å². The monoisotopic (exact) mass is 366 g/mol. The first kappa shape index (κ1) is 15.1. The van der Waals surface area contributed by atoms with Gasteiger partial charge in [-0.3, -0.25) is 0 Å². The number of hydrogen-bond acceptors (Lipinski definition) is 4. The predicted octanol–water partition coefficient (Wildman–Crippen LogP) is 4.72. The summed E-state index contributed by atoms with van der Waals surface area (Å²) in [6.07, 6.45) is -4.72. The average molecular weight is 367 g/mol. The molecule has 2 rings (SSSR count). The lowest BCUT2D eigenvalue weighted by Gasteiger charge is -2.14. The van der Waals surface area contributed by atoms with Crippen LogP contribution >= 0.6 is 27.3 Å². The van der Waals surface area contributed by atoms with Crippen molar-refractivity contribution in [1.29, 1.82) is 0 Å². The SMILES string of the molecule is Cc1ncsc1CNc1ccc(Br)cc1OC(F)(F)F. The number of alkyl halides is 3. The van der Waals surface area contributed by atoms with Crippen LogP contribution in [0, 0.1) is 6.92 Å². The third-order valence-corrected chi connectivity index (χ3v) is 3.88. The van der Waals surface area contributed by atoms with Crippen LogP contribution < -0.4 is 10.1 Å². The molecule has 3 nitrogen and oxygen atoms in total. The summed E-state index contributed by atoms with van der Waals surface area (Å²) in [6.45, 7) is 2.24. The van der Waals surface area contributed by atoms with Crippen LogP contribution in [-0.4, -0.2) is 11.3 Å². The molecule has 1 aromatic carbocycles. The van der Waals surface area contributed by atoms with Gasteiger partial charge < -0.3 is 10.1 Å². The van der Waals surface area contributed by atoms with Gasteiger partial charge in [0.05, 0.1) is 23.4 Å². The standard InChI is InChI=1S/C12H10BrF3N2OS/c1-7-11(20-6-18-7)5-17-9-3-2-8(13)4-10(9)19-12(14,15)16/h2-4,6,17H,5H2,1H3. The second-order valence-corrected chi connectivity index (χ2v) is 5.76. The van der Waals surface area contributed by atoms with Gasteiger partial charge >= 0.3 is 6.36 Å². The third kappa shape index (κ3) is 4.11. The molecular formula is C12H10BrF3N2OS. The Labute approximate surface area is 125 Å². The van der Waals surface area contributed by atoms with Crippen molar-refractivity contribution in [1.82, 2.24) is 4.98 Å². The lowest BCUT2D eigenvalue weighted by atomic mass is 10.3. The normalized spacial score (nSPS) is 11.4. The van der Waals surface area contributed by atoms with E-state index in [4.69, 9.17) is 0 Å². The Hall–Kier alpha value is -1.28. The molecule has 0 amide bonds. The fourth-order valence-corrected chi connectivity index (χ4v) is 2.58. The minimum absolute atomic E-state index is 0.269. The van der Waals surface area contributed by atoms with Gasteiger partial charge in [0.2, 0.25) is 0 Å². The lowest BCUT2D eigenvalue weighted by Crippen LogP contribution is -2.18. The molecule has 1 N–H and O–H groups in total. The Morgan fingerprint density at radius 3 is 2.75 bits per heavy atom. The van der Waals surface area contributed by atoms with Crippen molar-refractivity contribution in [3.63, 3.8) is 0 Å². The zero-order valence-corrected chi connectivity index (χ0v) is 12.7. The van der Waals surface area contributed by atoms with E-state index in [0.717, 1.165) is 10.6 Å². The van der Waals surface area contributed by atoms with E-state index in [-0.39, 0.29) is 11.4 Å². The smallest absolute Gasteiger partial charge is 0.404 e.